The lowest BCUT2D eigenvalue weighted by molar-refractivity contribution is 0.0665. The van der Waals surface area contributed by atoms with Crippen LogP contribution in [0.25, 0.3) is 0 Å². The van der Waals surface area contributed by atoms with Crippen LogP contribution in [-0.4, -0.2) is 39.5 Å². The molecule has 0 unspecified atom stereocenters. The molecule has 5 nitrogen and oxygen atoms in total. The van der Waals surface area contributed by atoms with Crippen LogP contribution < -0.4 is 4.72 Å². The van der Waals surface area contributed by atoms with E-state index in [0.29, 0.717) is 0 Å². The smallest absolute Gasteiger partial charge is 0.213 e. The van der Waals surface area contributed by atoms with E-state index in [-0.39, 0.29) is 18.9 Å². The highest BCUT2D eigenvalue weighted by atomic mass is 32.2. The Bertz CT molecular complexity index is 425. The number of aliphatic hydroxyl groups is 1. The zero-order chi connectivity index (χ0) is 12.9. The van der Waals surface area contributed by atoms with E-state index in [1.54, 1.807) is 13.0 Å². The molecule has 0 radical (unpaired) electrons. The van der Waals surface area contributed by atoms with Crippen molar-refractivity contribution >= 4 is 21.4 Å². The van der Waals surface area contributed by atoms with Gasteiger partial charge in [0.1, 0.15) is 5.60 Å². The van der Waals surface area contributed by atoms with Gasteiger partial charge in [0.15, 0.2) is 0 Å². The Labute approximate surface area is 105 Å². The van der Waals surface area contributed by atoms with Crippen LogP contribution in [0, 0.1) is 0 Å². The van der Waals surface area contributed by atoms with Crippen LogP contribution in [0.2, 0.25) is 0 Å². The predicted molar refractivity (Wildman–Crippen MR) is 67.6 cm³/mol. The molecule has 1 atom stereocenters. The van der Waals surface area contributed by atoms with Crippen LogP contribution in [0.5, 0.6) is 0 Å². The SMILES string of the molecule is COCCS(=O)(=O)NC[C@](C)(O)c1cccs1. The van der Waals surface area contributed by atoms with Crippen molar-refractivity contribution < 1.29 is 18.3 Å². The summed E-state index contributed by atoms with van der Waals surface area (Å²) in [6, 6.07) is 3.59. The first-order valence-corrected chi connectivity index (χ1v) is 7.63. The Morgan fingerprint density at radius 2 is 2.29 bits per heavy atom. The van der Waals surface area contributed by atoms with Crippen molar-refractivity contribution in [2.24, 2.45) is 0 Å². The number of rotatable bonds is 7. The zero-order valence-electron chi connectivity index (χ0n) is 9.84. The molecule has 2 N–H and O–H groups in total. The van der Waals surface area contributed by atoms with E-state index >= 15 is 0 Å². The van der Waals surface area contributed by atoms with Crippen molar-refractivity contribution in [1.82, 2.24) is 4.72 Å². The summed E-state index contributed by atoms with van der Waals surface area (Å²) in [4.78, 5) is 0.729. The lowest BCUT2D eigenvalue weighted by Gasteiger charge is -2.22. The number of ether oxygens (including phenoxy) is 1. The van der Waals surface area contributed by atoms with Gasteiger partial charge in [0.05, 0.1) is 12.4 Å². The minimum absolute atomic E-state index is 0.0421. The molecule has 0 aromatic carbocycles. The van der Waals surface area contributed by atoms with Crippen molar-refractivity contribution in [1.29, 1.82) is 0 Å². The van der Waals surface area contributed by atoms with E-state index in [9.17, 15) is 13.5 Å². The number of sulfonamides is 1. The highest BCUT2D eigenvalue weighted by Crippen LogP contribution is 2.24. The molecular weight excluding hydrogens is 262 g/mol. The Morgan fingerprint density at radius 1 is 1.59 bits per heavy atom. The molecule has 0 spiro atoms. The minimum atomic E-state index is -3.40. The van der Waals surface area contributed by atoms with Crippen molar-refractivity contribution in [3.05, 3.63) is 22.4 Å². The lowest BCUT2D eigenvalue weighted by Crippen LogP contribution is -2.39. The lowest BCUT2D eigenvalue weighted by atomic mass is 10.1. The molecule has 0 aliphatic rings. The molecule has 17 heavy (non-hydrogen) atoms. The van der Waals surface area contributed by atoms with Gasteiger partial charge in [-0.05, 0) is 18.4 Å². The number of hydrogen-bond donors (Lipinski definition) is 2. The van der Waals surface area contributed by atoms with E-state index < -0.39 is 15.6 Å². The van der Waals surface area contributed by atoms with Crippen LogP contribution in [0.1, 0.15) is 11.8 Å². The molecule has 98 valence electrons. The maximum Gasteiger partial charge on any atom is 0.213 e. The number of methoxy groups -OCH3 is 1. The Morgan fingerprint density at radius 3 is 2.82 bits per heavy atom. The number of hydrogen-bond acceptors (Lipinski definition) is 5. The van der Waals surface area contributed by atoms with Gasteiger partial charge in [0.2, 0.25) is 10.0 Å². The molecule has 1 rings (SSSR count). The van der Waals surface area contributed by atoms with Gasteiger partial charge >= 0.3 is 0 Å². The summed E-state index contributed by atoms with van der Waals surface area (Å²) >= 11 is 1.39. The third kappa shape index (κ3) is 4.72. The summed E-state index contributed by atoms with van der Waals surface area (Å²) in [5.74, 6) is -0.107. The normalized spacial score (nSPS) is 15.7. The largest absolute Gasteiger partial charge is 0.384 e. The summed E-state index contributed by atoms with van der Waals surface area (Å²) in [5.41, 5.74) is -1.19. The highest BCUT2D eigenvalue weighted by molar-refractivity contribution is 7.89. The summed E-state index contributed by atoms with van der Waals surface area (Å²) in [6.45, 7) is 1.67. The third-order valence-electron chi connectivity index (χ3n) is 2.24. The second-order valence-electron chi connectivity index (χ2n) is 3.88. The fourth-order valence-corrected chi connectivity index (χ4v) is 3.01. The van der Waals surface area contributed by atoms with Gasteiger partial charge in [-0.2, -0.15) is 0 Å². The van der Waals surface area contributed by atoms with E-state index in [0.717, 1.165) is 4.88 Å². The summed E-state index contributed by atoms with van der Waals surface area (Å²) in [6.07, 6.45) is 0. The fraction of sp³-hybridized carbons (Fsp3) is 0.600. The van der Waals surface area contributed by atoms with Crippen LogP contribution in [0.4, 0.5) is 0 Å². The fourth-order valence-electron chi connectivity index (χ4n) is 1.19. The number of thiophene rings is 1. The average Bonchev–Trinajstić information content (AvgIpc) is 2.78. The van der Waals surface area contributed by atoms with E-state index in [1.165, 1.54) is 18.4 Å². The molecule has 0 bridgehead atoms. The molecule has 0 saturated heterocycles. The predicted octanol–water partition coefficient (Wildman–Crippen LogP) is 0.521. The molecule has 0 saturated carbocycles. The standard InChI is InChI=1S/C10H17NO4S2/c1-10(12,9-4-3-6-16-9)8-11-17(13,14)7-5-15-2/h3-4,6,11-12H,5,7-8H2,1-2H3/t10-/m0/s1. The molecule has 7 heteroatoms. The molecule has 1 heterocycles. The molecule has 0 amide bonds. The number of nitrogens with one attached hydrogen (secondary N) is 1. The van der Waals surface area contributed by atoms with Gasteiger partial charge in [-0.15, -0.1) is 11.3 Å². The van der Waals surface area contributed by atoms with E-state index in [4.69, 9.17) is 4.74 Å². The quantitative estimate of drug-likeness (QED) is 0.763. The van der Waals surface area contributed by atoms with Crippen LogP contribution >= 0.6 is 11.3 Å². The maximum atomic E-state index is 11.5. The molecule has 0 aliphatic carbocycles. The van der Waals surface area contributed by atoms with Crippen molar-refractivity contribution in [3.8, 4) is 0 Å². The topological polar surface area (TPSA) is 75.6 Å². The molecule has 0 aliphatic heterocycles. The first-order valence-electron chi connectivity index (χ1n) is 5.10. The van der Waals surface area contributed by atoms with Gasteiger partial charge in [-0.25, -0.2) is 13.1 Å². The van der Waals surface area contributed by atoms with Gasteiger partial charge in [-0.3, -0.25) is 0 Å². The van der Waals surface area contributed by atoms with Crippen molar-refractivity contribution in [3.63, 3.8) is 0 Å². The van der Waals surface area contributed by atoms with Gasteiger partial charge in [0, 0.05) is 18.5 Å². The van der Waals surface area contributed by atoms with Gasteiger partial charge in [0.25, 0.3) is 0 Å². The molecule has 1 aromatic rings. The first kappa shape index (κ1) is 14.6. The monoisotopic (exact) mass is 279 g/mol. The van der Waals surface area contributed by atoms with Crippen LogP contribution in [0.15, 0.2) is 17.5 Å². The Kier molecular flexibility index (Phi) is 5.08. The first-order chi connectivity index (χ1) is 7.87. The molecule has 1 aromatic heterocycles. The second kappa shape index (κ2) is 5.92. The summed E-state index contributed by atoms with van der Waals surface area (Å²) < 4.78 is 30.1. The van der Waals surface area contributed by atoms with Crippen molar-refractivity contribution in [2.45, 2.75) is 12.5 Å². The third-order valence-corrected chi connectivity index (χ3v) is 4.66. The van der Waals surface area contributed by atoms with Crippen LogP contribution in [-0.2, 0) is 20.4 Å². The highest BCUT2D eigenvalue weighted by Gasteiger charge is 2.26. The Hall–Kier alpha value is -0.470. The molecular formula is C10H17NO4S2. The van der Waals surface area contributed by atoms with Gasteiger partial charge in [-0.1, -0.05) is 6.07 Å². The zero-order valence-corrected chi connectivity index (χ0v) is 11.5. The summed E-state index contributed by atoms with van der Waals surface area (Å²) in [7, 11) is -1.96. The van der Waals surface area contributed by atoms with Gasteiger partial charge < -0.3 is 9.84 Å². The average molecular weight is 279 g/mol. The van der Waals surface area contributed by atoms with E-state index in [2.05, 4.69) is 4.72 Å². The Balaban J connectivity index is 2.56. The second-order valence-corrected chi connectivity index (χ2v) is 6.76. The van der Waals surface area contributed by atoms with Crippen LogP contribution in [0.3, 0.4) is 0 Å². The minimum Gasteiger partial charge on any atom is -0.384 e. The van der Waals surface area contributed by atoms with E-state index in [1.807, 2.05) is 11.4 Å². The molecule has 0 fully saturated rings. The van der Waals surface area contributed by atoms with Crippen molar-refractivity contribution in [2.75, 3.05) is 26.0 Å². The summed E-state index contributed by atoms with van der Waals surface area (Å²) in [5, 5.41) is 12.0. The maximum absolute atomic E-state index is 11.5.